The molecule has 2 aromatic rings. The summed E-state index contributed by atoms with van der Waals surface area (Å²) in [6.07, 6.45) is 4.31. The second-order valence-corrected chi connectivity index (χ2v) is 13.0. The van der Waals surface area contributed by atoms with Crippen LogP contribution in [0.2, 0.25) is 5.02 Å². The Bertz CT molecular complexity index is 1350. The van der Waals surface area contributed by atoms with E-state index < -0.39 is 53.3 Å². The Kier molecular flexibility index (Phi) is 11.8. The molecular weight excluding hydrogens is 601 g/mol. The molecule has 0 bridgehead atoms. The van der Waals surface area contributed by atoms with Crippen molar-refractivity contribution in [2.75, 3.05) is 13.7 Å². The Balaban J connectivity index is 1.57. The number of methoxy groups -OCH3 is 1. The molecule has 0 radical (unpaired) electrons. The van der Waals surface area contributed by atoms with E-state index in [9.17, 15) is 23.6 Å². The molecule has 9 nitrogen and oxygen atoms in total. The Morgan fingerprint density at radius 1 is 1.00 bits per heavy atom. The third kappa shape index (κ3) is 9.19. The van der Waals surface area contributed by atoms with Crippen LogP contribution in [0, 0.1) is 17.7 Å². The third-order valence-electron chi connectivity index (χ3n) is 9.01. The van der Waals surface area contributed by atoms with Crippen LogP contribution in [0.3, 0.4) is 0 Å². The zero-order valence-corrected chi connectivity index (χ0v) is 26.8. The number of carbonyl (C=O) groups excluding carboxylic acids is 4. The maximum atomic E-state index is 13.9. The highest BCUT2D eigenvalue weighted by molar-refractivity contribution is 6.30. The first-order chi connectivity index (χ1) is 21.5. The van der Waals surface area contributed by atoms with E-state index in [4.69, 9.17) is 21.1 Å². The number of hydrogen-bond donors (Lipinski definition) is 3. The molecule has 4 rings (SSSR count). The minimum atomic E-state index is -1.06. The van der Waals surface area contributed by atoms with E-state index in [0.717, 1.165) is 37.7 Å². The summed E-state index contributed by atoms with van der Waals surface area (Å²) in [5.74, 6) is -2.06. The van der Waals surface area contributed by atoms with E-state index in [2.05, 4.69) is 16.0 Å². The van der Waals surface area contributed by atoms with Crippen LogP contribution in [-0.4, -0.2) is 49.6 Å². The number of ether oxygens (including phenoxy) is 2. The molecule has 3 amide bonds. The minimum Gasteiger partial charge on any atom is -0.467 e. The van der Waals surface area contributed by atoms with Crippen LogP contribution in [0.15, 0.2) is 48.5 Å². The van der Waals surface area contributed by atoms with Crippen molar-refractivity contribution in [2.45, 2.75) is 88.8 Å². The first kappa shape index (κ1) is 34.2. The van der Waals surface area contributed by atoms with Crippen molar-refractivity contribution in [3.05, 3.63) is 70.5 Å². The van der Waals surface area contributed by atoms with Gasteiger partial charge in [-0.1, -0.05) is 81.8 Å². The van der Waals surface area contributed by atoms with Crippen molar-refractivity contribution < 1.29 is 33.0 Å². The maximum Gasteiger partial charge on any atom is 0.408 e. The lowest BCUT2D eigenvalue weighted by Gasteiger charge is -2.35. The van der Waals surface area contributed by atoms with Gasteiger partial charge in [0.25, 0.3) is 0 Å². The van der Waals surface area contributed by atoms with Gasteiger partial charge in [-0.2, -0.15) is 0 Å². The Labute approximate surface area is 268 Å². The number of benzene rings is 2. The molecule has 0 aromatic heterocycles. The predicted octanol–water partition coefficient (Wildman–Crippen LogP) is 5.75. The van der Waals surface area contributed by atoms with Crippen LogP contribution in [0.1, 0.15) is 82.4 Å². The first-order valence-corrected chi connectivity index (χ1v) is 16.0. The van der Waals surface area contributed by atoms with Gasteiger partial charge in [-0.25, -0.2) is 14.0 Å². The fourth-order valence-corrected chi connectivity index (χ4v) is 6.55. The Morgan fingerprint density at radius 3 is 2.33 bits per heavy atom. The average molecular weight is 644 g/mol. The zero-order valence-electron chi connectivity index (χ0n) is 26.1. The quantitative estimate of drug-likeness (QED) is 0.253. The lowest BCUT2D eigenvalue weighted by atomic mass is 9.76. The number of hydrogen-bond acceptors (Lipinski definition) is 6. The molecule has 0 spiro atoms. The highest BCUT2D eigenvalue weighted by Crippen LogP contribution is 2.40. The van der Waals surface area contributed by atoms with Gasteiger partial charge in [0, 0.05) is 22.9 Å². The standard InChI is InChI=1S/C34H43ClFN3O6/c1-34(2,24-10-7-11-25(35)20-24)29(22-12-14-26(36)15-13-22)45-33(43)39-27(18-21-8-5-4-6-9-21)31(41)38-28(32(42)44-3)19-23-16-17-37-30(23)40/h7,10-15,20-21,23,27-29H,4-6,8-9,16-19H2,1-3H3,(H,37,40)(H,38,41)(H,39,43)/t23-,27-,28-,29?/m0/s1. The molecule has 45 heavy (non-hydrogen) atoms. The Hall–Kier alpha value is -3.66. The van der Waals surface area contributed by atoms with Crippen LogP contribution in [0.25, 0.3) is 0 Å². The molecule has 1 heterocycles. The van der Waals surface area contributed by atoms with Crippen molar-refractivity contribution >= 4 is 35.5 Å². The van der Waals surface area contributed by atoms with Crippen molar-refractivity contribution in [2.24, 2.45) is 11.8 Å². The van der Waals surface area contributed by atoms with Crippen LogP contribution >= 0.6 is 11.6 Å². The number of esters is 1. The maximum absolute atomic E-state index is 13.9. The van der Waals surface area contributed by atoms with Gasteiger partial charge in [0.15, 0.2) is 0 Å². The number of amides is 3. The summed E-state index contributed by atoms with van der Waals surface area (Å²) in [5.41, 5.74) is 0.551. The van der Waals surface area contributed by atoms with Crippen molar-refractivity contribution in [1.29, 1.82) is 0 Å². The van der Waals surface area contributed by atoms with Gasteiger partial charge in [-0.05, 0) is 60.6 Å². The molecule has 1 aliphatic heterocycles. The number of alkyl carbamates (subject to hydrolysis) is 1. The van der Waals surface area contributed by atoms with Crippen molar-refractivity contribution in [1.82, 2.24) is 16.0 Å². The van der Waals surface area contributed by atoms with E-state index in [-0.39, 0.29) is 18.2 Å². The molecule has 2 aromatic carbocycles. The summed E-state index contributed by atoms with van der Waals surface area (Å²) < 4.78 is 24.9. The first-order valence-electron chi connectivity index (χ1n) is 15.6. The van der Waals surface area contributed by atoms with E-state index in [1.54, 1.807) is 30.3 Å². The minimum absolute atomic E-state index is 0.0886. The SMILES string of the molecule is COC(=O)[C@H](C[C@@H]1CCNC1=O)NC(=O)[C@H](CC1CCCCC1)NC(=O)OC(c1ccc(F)cc1)C(C)(C)c1cccc(Cl)c1. The summed E-state index contributed by atoms with van der Waals surface area (Å²) in [6, 6.07) is 10.9. The van der Waals surface area contributed by atoms with E-state index in [0.29, 0.717) is 30.0 Å². The molecule has 4 atom stereocenters. The molecule has 1 unspecified atom stereocenters. The monoisotopic (exact) mass is 643 g/mol. The highest BCUT2D eigenvalue weighted by Gasteiger charge is 2.38. The molecule has 2 fully saturated rings. The lowest BCUT2D eigenvalue weighted by Crippen LogP contribution is -2.53. The van der Waals surface area contributed by atoms with Gasteiger partial charge in [0.2, 0.25) is 11.8 Å². The smallest absolute Gasteiger partial charge is 0.408 e. The molecule has 1 saturated carbocycles. The molecule has 244 valence electrons. The summed E-state index contributed by atoms with van der Waals surface area (Å²) in [4.78, 5) is 52.2. The van der Waals surface area contributed by atoms with Gasteiger partial charge in [0.1, 0.15) is 24.0 Å². The van der Waals surface area contributed by atoms with Gasteiger partial charge >= 0.3 is 12.1 Å². The van der Waals surface area contributed by atoms with Gasteiger partial charge < -0.3 is 25.4 Å². The second kappa shape index (κ2) is 15.6. The summed E-state index contributed by atoms with van der Waals surface area (Å²) >= 11 is 6.29. The summed E-state index contributed by atoms with van der Waals surface area (Å²) in [5, 5.41) is 8.77. The largest absolute Gasteiger partial charge is 0.467 e. The topological polar surface area (TPSA) is 123 Å². The molecule has 2 aliphatic rings. The fraction of sp³-hybridized carbons (Fsp3) is 0.529. The zero-order chi connectivity index (χ0) is 32.6. The fourth-order valence-electron chi connectivity index (χ4n) is 6.36. The number of carbonyl (C=O) groups is 4. The van der Waals surface area contributed by atoms with Crippen LogP contribution < -0.4 is 16.0 Å². The molecule has 1 saturated heterocycles. The van der Waals surface area contributed by atoms with Gasteiger partial charge in [-0.15, -0.1) is 0 Å². The predicted molar refractivity (Wildman–Crippen MR) is 168 cm³/mol. The molecule has 3 N–H and O–H groups in total. The molecule has 1 aliphatic carbocycles. The number of rotatable bonds is 12. The van der Waals surface area contributed by atoms with Gasteiger partial charge in [0.05, 0.1) is 7.11 Å². The van der Waals surface area contributed by atoms with Crippen molar-refractivity contribution in [3.8, 4) is 0 Å². The lowest BCUT2D eigenvalue weighted by molar-refractivity contribution is -0.146. The normalized spacial score (nSPS) is 19.1. The van der Waals surface area contributed by atoms with Crippen LogP contribution in [0.4, 0.5) is 9.18 Å². The van der Waals surface area contributed by atoms with Gasteiger partial charge in [-0.3, -0.25) is 9.59 Å². The summed E-state index contributed by atoms with van der Waals surface area (Å²) in [6.45, 7) is 4.29. The number of nitrogens with one attached hydrogen (secondary N) is 3. The van der Waals surface area contributed by atoms with Crippen LogP contribution in [0.5, 0.6) is 0 Å². The summed E-state index contributed by atoms with van der Waals surface area (Å²) in [7, 11) is 1.22. The Morgan fingerprint density at radius 2 is 1.71 bits per heavy atom. The average Bonchev–Trinajstić information content (AvgIpc) is 3.43. The highest BCUT2D eigenvalue weighted by atomic mass is 35.5. The van der Waals surface area contributed by atoms with E-state index >= 15 is 0 Å². The van der Waals surface area contributed by atoms with E-state index in [1.165, 1.54) is 19.2 Å². The third-order valence-corrected chi connectivity index (χ3v) is 9.24. The van der Waals surface area contributed by atoms with Crippen molar-refractivity contribution in [3.63, 3.8) is 0 Å². The van der Waals surface area contributed by atoms with E-state index in [1.807, 2.05) is 19.9 Å². The second-order valence-electron chi connectivity index (χ2n) is 12.6. The number of halogens is 2. The van der Waals surface area contributed by atoms with Crippen LogP contribution in [-0.2, 0) is 29.3 Å². The molecular formula is C34H43ClFN3O6. The molecule has 11 heteroatoms.